The monoisotopic (exact) mass is 261 g/mol. The Morgan fingerprint density at radius 2 is 2.12 bits per heavy atom. The Kier molecular flexibility index (Phi) is 4.32. The highest BCUT2D eigenvalue weighted by molar-refractivity contribution is 7.91. The molecule has 0 aliphatic carbocycles. The van der Waals surface area contributed by atoms with Crippen LogP contribution < -0.4 is 5.32 Å². The molecule has 88 valence electrons. The standard InChI is InChI=1S/C10H12ClNO3S/c1-12-10(13)8-3-2-4-9(7-8)16(14,15)6-5-11/h2-4,7H,5-6H2,1H3,(H,12,13). The number of sulfone groups is 1. The first-order valence-electron chi connectivity index (χ1n) is 4.62. The van der Waals surface area contributed by atoms with E-state index >= 15 is 0 Å². The first kappa shape index (κ1) is 13.0. The first-order valence-corrected chi connectivity index (χ1v) is 6.81. The molecule has 16 heavy (non-hydrogen) atoms. The van der Waals surface area contributed by atoms with Crippen LogP contribution in [0.1, 0.15) is 10.4 Å². The zero-order chi connectivity index (χ0) is 12.2. The van der Waals surface area contributed by atoms with Crippen molar-refractivity contribution in [1.82, 2.24) is 5.32 Å². The molecule has 0 aliphatic heterocycles. The van der Waals surface area contributed by atoms with Crippen LogP contribution >= 0.6 is 11.6 Å². The lowest BCUT2D eigenvalue weighted by atomic mass is 10.2. The Morgan fingerprint density at radius 3 is 2.69 bits per heavy atom. The molecule has 0 saturated carbocycles. The maximum atomic E-state index is 11.7. The highest BCUT2D eigenvalue weighted by Gasteiger charge is 2.15. The largest absolute Gasteiger partial charge is 0.355 e. The van der Waals surface area contributed by atoms with Gasteiger partial charge in [-0.3, -0.25) is 4.79 Å². The summed E-state index contributed by atoms with van der Waals surface area (Å²) in [5, 5.41) is 2.43. The van der Waals surface area contributed by atoms with E-state index in [1.165, 1.54) is 25.2 Å². The van der Waals surface area contributed by atoms with Crippen molar-refractivity contribution in [3.63, 3.8) is 0 Å². The van der Waals surface area contributed by atoms with E-state index in [0.717, 1.165) is 0 Å². The molecule has 0 saturated heterocycles. The van der Waals surface area contributed by atoms with Gasteiger partial charge in [-0.15, -0.1) is 11.6 Å². The molecule has 1 rings (SSSR count). The maximum Gasteiger partial charge on any atom is 0.251 e. The summed E-state index contributed by atoms with van der Waals surface area (Å²) in [6, 6.07) is 5.89. The van der Waals surface area contributed by atoms with Gasteiger partial charge < -0.3 is 5.32 Å². The van der Waals surface area contributed by atoms with E-state index in [1.807, 2.05) is 0 Å². The molecule has 1 amide bonds. The Morgan fingerprint density at radius 1 is 1.44 bits per heavy atom. The molecule has 0 bridgehead atoms. The fourth-order valence-corrected chi connectivity index (χ4v) is 2.84. The van der Waals surface area contributed by atoms with Gasteiger partial charge in [-0.25, -0.2) is 8.42 Å². The molecule has 0 spiro atoms. The molecule has 0 radical (unpaired) electrons. The fourth-order valence-electron chi connectivity index (χ4n) is 1.19. The summed E-state index contributed by atoms with van der Waals surface area (Å²) < 4.78 is 23.4. The zero-order valence-electron chi connectivity index (χ0n) is 8.73. The lowest BCUT2D eigenvalue weighted by Crippen LogP contribution is -2.18. The SMILES string of the molecule is CNC(=O)c1cccc(S(=O)(=O)CCCl)c1. The van der Waals surface area contributed by atoms with Crippen molar-refractivity contribution in [2.75, 3.05) is 18.7 Å². The Bertz CT molecular complexity index is 485. The molecule has 0 heterocycles. The van der Waals surface area contributed by atoms with Gasteiger partial charge in [-0.2, -0.15) is 0 Å². The molecule has 0 fully saturated rings. The lowest BCUT2D eigenvalue weighted by Gasteiger charge is -2.04. The summed E-state index contributed by atoms with van der Waals surface area (Å²) >= 11 is 5.41. The van der Waals surface area contributed by atoms with Gasteiger partial charge in [0.15, 0.2) is 9.84 Å². The normalized spacial score (nSPS) is 11.1. The molecule has 0 unspecified atom stereocenters. The third kappa shape index (κ3) is 2.96. The summed E-state index contributed by atoms with van der Waals surface area (Å²) in [5.74, 6) is -0.416. The molecule has 1 aromatic carbocycles. The smallest absolute Gasteiger partial charge is 0.251 e. The summed E-state index contributed by atoms with van der Waals surface area (Å²) in [4.78, 5) is 11.4. The third-order valence-corrected chi connectivity index (χ3v) is 4.16. The van der Waals surface area contributed by atoms with Crippen LogP contribution in [-0.2, 0) is 9.84 Å². The molecular formula is C10H12ClNO3S. The summed E-state index contributed by atoms with van der Waals surface area (Å²) in [7, 11) is -1.90. The second kappa shape index (κ2) is 5.32. The fraction of sp³-hybridized carbons (Fsp3) is 0.300. The minimum absolute atomic E-state index is 0.0343. The van der Waals surface area contributed by atoms with Crippen LogP contribution in [0.3, 0.4) is 0 Å². The van der Waals surface area contributed by atoms with Crippen LogP contribution in [0.15, 0.2) is 29.2 Å². The topological polar surface area (TPSA) is 63.2 Å². The van der Waals surface area contributed by atoms with Gasteiger partial charge in [0.1, 0.15) is 0 Å². The molecule has 4 nitrogen and oxygen atoms in total. The molecule has 1 N–H and O–H groups in total. The van der Waals surface area contributed by atoms with Gasteiger partial charge in [0.05, 0.1) is 10.6 Å². The van der Waals surface area contributed by atoms with Crippen LogP contribution in [0.5, 0.6) is 0 Å². The van der Waals surface area contributed by atoms with E-state index < -0.39 is 9.84 Å². The van der Waals surface area contributed by atoms with Gasteiger partial charge in [0.2, 0.25) is 0 Å². The summed E-state index contributed by atoms with van der Waals surface area (Å²) in [5.41, 5.74) is 0.318. The van der Waals surface area contributed by atoms with E-state index in [1.54, 1.807) is 6.07 Å². The maximum absolute atomic E-state index is 11.7. The number of benzene rings is 1. The van der Waals surface area contributed by atoms with Crippen molar-refractivity contribution in [2.24, 2.45) is 0 Å². The number of rotatable bonds is 4. The Hall–Kier alpha value is -1.07. The molecule has 0 atom stereocenters. The highest BCUT2D eigenvalue weighted by atomic mass is 35.5. The second-order valence-electron chi connectivity index (χ2n) is 3.11. The highest BCUT2D eigenvalue weighted by Crippen LogP contribution is 2.13. The number of amides is 1. The van der Waals surface area contributed by atoms with Crippen LogP contribution in [-0.4, -0.2) is 33.0 Å². The summed E-state index contributed by atoms with van der Waals surface area (Å²) in [6.07, 6.45) is 0. The number of halogens is 1. The van der Waals surface area contributed by atoms with Gasteiger partial charge in [-0.1, -0.05) is 6.07 Å². The van der Waals surface area contributed by atoms with Crippen molar-refractivity contribution >= 4 is 27.3 Å². The van der Waals surface area contributed by atoms with Crippen molar-refractivity contribution in [3.05, 3.63) is 29.8 Å². The van der Waals surface area contributed by atoms with Crippen LogP contribution in [0, 0.1) is 0 Å². The number of carbonyl (C=O) groups excluding carboxylic acids is 1. The summed E-state index contributed by atoms with van der Waals surface area (Å²) in [6.45, 7) is 0. The van der Waals surface area contributed by atoms with Crippen LogP contribution in [0.25, 0.3) is 0 Å². The average Bonchev–Trinajstić information content (AvgIpc) is 2.28. The van der Waals surface area contributed by atoms with Crippen molar-refractivity contribution < 1.29 is 13.2 Å². The lowest BCUT2D eigenvalue weighted by molar-refractivity contribution is 0.0963. The first-order chi connectivity index (χ1) is 7.51. The predicted octanol–water partition coefficient (Wildman–Crippen LogP) is 1.06. The Labute approximate surface area is 99.5 Å². The van der Waals surface area contributed by atoms with Gasteiger partial charge in [0, 0.05) is 18.5 Å². The molecule has 0 aliphatic rings. The number of nitrogens with one attached hydrogen (secondary N) is 1. The number of alkyl halides is 1. The molecule has 0 aromatic heterocycles. The van der Waals surface area contributed by atoms with Crippen molar-refractivity contribution in [2.45, 2.75) is 4.90 Å². The van der Waals surface area contributed by atoms with E-state index in [2.05, 4.69) is 5.32 Å². The van der Waals surface area contributed by atoms with Crippen molar-refractivity contribution in [1.29, 1.82) is 0 Å². The number of carbonyl (C=O) groups is 1. The van der Waals surface area contributed by atoms with Crippen LogP contribution in [0.4, 0.5) is 0 Å². The van der Waals surface area contributed by atoms with Crippen molar-refractivity contribution in [3.8, 4) is 0 Å². The van der Waals surface area contributed by atoms with Crippen LogP contribution in [0.2, 0.25) is 0 Å². The van der Waals surface area contributed by atoms with Gasteiger partial charge in [-0.05, 0) is 18.2 Å². The van der Waals surface area contributed by atoms with E-state index in [0.29, 0.717) is 5.56 Å². The Balaban J connectivity index is 3.13. The minimum Gasteiger partial charge on any atom is -0.355 e. The number of hydrogen-bond acceptors (Lipinski definition) is 3. The van der Waals surface area contributed by atoms with E-state index in [4.69, 9.17) is 11.6 Å². The third-order valence-electron chi connectivity index (χ3n) is 2.03. The quantitative estimate of drug-likeness (QED) is 0.825. The van der Waals surface area contributed by atoms with Gasteiger partial charge >= 0.3 is 0 Å². The van der Waals surface area contributed by atoms with Gasteiger partial charge in [0.25, 0.3) is 5.91 Å². The minimum atomic E-state index is -3.39. The second-order valence-corrected chi connectivity index (χ2v) is 5.60. The van der Waals surface area contributed by atoms with E-state index in [-0.39, 0.29) is 22.4 Å². The molecular weight excluding hydrogens is 250 g/mol. The molecule has 1 aromatic rings. The average molecular weight is 262 g/mol. The van der Waals surface area contributed by atoms with E-state index in [9.17, 15) is 13.2 Å². The number of hydrogen-bond donors (Lipinski definition) is 1. The zero-order valence-corrected chi connectivity index (χ0v) is 10.3. The molecule has 6 heteroatoms. The predicted molar refractivity (Wildman–Crippen MR) is 62.6 cm³/mol.